The summed E-state index contributed by atoms with van der Waals surface area (Å²) in [7, 11) is -1.14. The van der Waals surface area contributed by atoms with Gasteiger partial charge >= 0.3 is 0 Å². The van der Waals surface area contributed by atoms with Gasteiger partial charge in [-0.05, 0) is 36.6 Å². The number of hydrogen-bond acceptors (Lipinski definition) is 9. The number of H-pyrrole nitrogens is 1. The van der Waals surface area contributed by atoms with E-state index in [0.29, 0.717) is 35.9 Å². The average molecular weight is 526 g/mol. The van der Waals surface area contributed by atoms with E-state index in [1.54, 1.807) is 35.3 Å². The predicted octanol–water partition coefficient (Wildman–Crippen LogP) is 3.57. The average Bonchev–Trinajstić information content (AvgIpc) is 3.29. The number of aromatic amines is 1. The van der Waals surface area contributed by atoms with Crippen LogP contribution in [0.5, 0.6) is 5.88 Å². The molecule has 0 fully saturated rings. The number of aromatic nitrogens is 6. The molecule has 3 heterocycles. The lowest BCUT2D eigenvalue weighted by Gasteiger charge is -2.15. The Kier molecular flexibility index (Phi) is 7.52. The number of benzene rings is 1. The molecule has 4 rings (SSSR count). The van der Waals surface area contributed by atoms with Crippen molar-refractivity contribution >= 4 is 42.3 Å². The second-order valence-corrected chi connectivity index (χ2v) is 15.7. The van der Waals surface area contributed by atoms with Gasteiger partial charge in [-0.25, -0.2) is 9.67 Å². The van der Waals surface area contributed by atoms with Gasteiger partial charge < -0.3 is 20.1 Å². The fourth-order valence-corrected chi connectivity index (χ4v) is 4.43. The summed E-state index contributed by atoms with van der Waals surface area (Å²) < 4.78 is 7.36. The van der Waals surface area contributed by atoms with Gasteiger partial charge in [0.2, 0.25) is 5.88 Å². The maximum Gasteiger partial charge on any atom is 0.268 e. The molecule has 1 aromatic carbocycles. The van der Waals surface area contributed by atoms with E-state index in [1.807, 2.05) is 12.1 Å². The molecule has 0 atom stereocenters. The Balaban J connectivity index is 1.45. The van der Waals surface area contributed by atoms with Crippen molar-refractivity contribution in [3.05, 3.63) is 52.4 Å². The van der Waals surface area contributed by atoms with E-state index in [4.69, 9.17) is 4.74 Å². The molecule has 0 spiro atoms. The second kappa shape index (κ2) is 10.6. The van der Waals surface area contributed by atoms with Crippen LogP contribution in [-0.4, -0.2) is 61.9 Å². The van der Waals surface area contributed by atoms with Crippen LogP contribution in [0.25, 0.3) is 22.3 Å². The lowest BCUT2D eigenvalue weighted by molar-refractivity contribution is 0.0772. The number of thioether (sulfide) groups is 1. The summed E-state index contributed by atoms with van der Waals surface area (Å²) in [6, 6.07) is 9.89. The third-order valence-electron chi connectivity index (χ3n) is 5.27. The number of nitrogens with one attached hydrogen (secondary N) is 2. The number of rotatable bonds is 9. The van der Waals surface area contributed by atoms with Crippen molar-refractivity contribution in [2.24, 2.45) is 0 Å². The number of pyridine rings is 1. The van der Waals surface area contributed by atoms with E-state index < -0.39 is 31.0 Å². The van der Waals surface area contributed by atoms with Gasteiger partial charge in [0.25, 0.3) is 11.5 Å². The third kappa shape index (κ3) is 6.16. The van der Waals surface area contributed by atoms with Crippen LogP contribution in [0, 0.1) is 0 Å². The fraction of sp³-hybridized carbons (Fsp3) is 0.304. The van der Waals surface area contributed by atoms with Crippen molar-refractivity contribution in [3.63, 3.8) is 0 Å². The van der Waals surface area contributed by atoms with Gasteiger partial charge in [0, 0.05) is 25.8 Å². The zero-order valence-corrected chi connectivity index (χ0v) is 22.2. The van der Waals surface area contributed by atoms with Gasteiger partial charge in [-0.1, -0.05) is 42.7 Å². The molecule has 0 aliphatic rings. The van der Waals surface area contributed by atoms with Crippen LogP contribution in [0.15, 0.2) is 46.5 Å². The largest absolute Gasteiger partial charge is 0.493 e. The Labute approximate surface area is 212 Å². The molecule has 36 heavy (non-hydrogen) atoms. The van der Waals surface area contributed by atoms with Crippen LogP contribution in [0.2, 0.25) is 25.7 Å². The van der Waals surface area contributed by atoms with Gasteiger partial charge in [-0.3, -0.25) is 9.59 Å². The molecular formula is C23H27N7O4SSi. The number of hydrogen-bond donors (Lipinski definition) is 3. The molecule has 188 valence electrons. The van der Waals surface area contributed by atoms with Crippen LogP contribution in [0.3, 0.4) is 0 Å². The smallest absolute Gasteiger partial charge is 0.268 e. The standard InChI is InChI=1S/C23H27N7O4SSi/c1-35-23-26-21(32)19(22(33)27-23)20(31)24-15-6-8-16-14(11-15)5-7-17(25-16)18-12-30(29-28-18)13-34-9-10-36(2,3)4/h5-8,11-12H,9-10,13H2,1-4H3,(H,24,31)(H2,26,27,32,33). The van der Waals surface area contributed by atoms with Crippen LogP contribution in [0.4, 0.5) is 5.69 Å². The van der Waals surface area contributed by atoms with Gasteiger partial charge in [0.15, 0.2) is 10.7 Å². The summed E-state index contributed by atoms with van der Waals surface area (Å²) in [5.41, 5.74) is 1.25. The van der Waals surface area contributed by atoms with Crippen molar-refractivity contribution in [2.75, 3.05) is 18.2 Å². The summed E-state index contributed by atoms with van der Waals surface area (Å²) in [5.74, 6) is -1.39. The van der Waals surface area contributed by atoms with Gasteiger partial charge in [-0.15, -0.1) is 5.10 Å². The topological polar surface area (TPSA) is 148 Å². The molecule has 3 N–H and O–H groups in total. The molecule has 4 aromatic rings. The number of anilines is 1. The highest BCUT2D eigenvalue weighted by Crippen LogP contribution is 2.23. The number of nitrogens with zero attached hydrogens (tertiary/aromatic N) is 5. The molecule has 0 bridgehead atoms. The molecule has 0 saturated heterocycles. The van der Waals surface area contributed by atoms with Gasteiger partial charge in [-0.2, -0.15) is 4.98 Å². The highest BCUT2D eigenvalue weighted by molar-refractivity contribution is 7.98. The van der Waals surface area contributed by atoms with E-state index in [0.717, 1.165) is 23.2 Å². The molecule has 13 heteroatoms. The van der Waals surface area contributed by atoms with Crippen molar-refractivity contribution in [2.45, 2.75) is 37.6 Å². The molecule has 1 amide bonds. The molecule has 11 nitrogen and oxygen atoms in total. The van der Waals surface area contributed by atoms with Crippen LogP contribution in [-0.2, 0) is 11.5 Å². The first-order chi connectivity index (χ1) is 17.1. The normalized spacial score (nSPS) is 11.7. The molecular weight excluding hydrogens is 498 g/mol. The van der Waals surface area contributed by atoms with E-state index >= 15 is 0 Å². The lowest BCUT2D eigenvalue weighted by Crippen LogP contribution is -2.24. The number of amides is 1. The Hall–Kier alpha value is -3.55. The molecule has 0 saturated carbocycles. The maximum absolute atomic E-state index is 12.6. The summed E-state index contributed by atoms with van der Waals surface area (Å²) in [5, 5.41) is 22.0. The van der Waals surface area contributed by atoms with Crippen molar-refractivity contribution < 1.29 is 14.6 Å². The minimum atomic E-state index is -1.14. The minimum absolute atomic E-state index is 0.219. The first-order valence-electron chi connectivity index (χ1n) is 11.2. The number of carbonyl (C=O) groups is 1. The van der Waals surface area contributed by atoms with E-state index in [-0.39, 0.29) is 5.16 Å². The Morgan fingerprint density at radius 2 is 2.00 bits per heavy atom. The lowest BCUT2D eigenvalue weighted by atomic mass is 10.1. The molecule has 3 aromatic heterocycles. The highest BCUT2D eigenvalue weighted by Gasteiger charge is 2.19. The van der Waals surface area contributed by atoms with Crippen molar-refractivity contribution in [1.82, 2.24) is 29.9 Å². The number of carbonyl (C=O) groups excluding carboxylic acids is 1. The second-order valence-electron chi connectivity index (χ2n) is 9.32. The van der Waals surface area contributed by atoms with Crippen LogP contribution < -0.4 is 10.9 Å². The summed E-state index contributed by atoms with van der Waals surface area (Å²) in [6.07, 6.45) is 3.48. The molecule has 0 aliphatic carbocycles. The van der Waals surface area contributed by atoms with Crippen LogP contribution >= 0.6 is 11.8 Å². The van der Waals surface area contributed by atoms with Gasteiger partial charge in [0.05, 0.1) is 17.4 Å². The van der Waals surface area contributed by atoms with Crippen LogP contribution in [0.1, 0.15) is 10.4 Å². The first-order valence-corrected chi connectivity index (χ1v) is 16.1. The monoisotopic (exact) mass is 525 g/mol. The Bertz CT molecular complexity index is 1470. The highest BCUT2D eigenvalue weighted by atomic mass is 32.2. The fourth-order valence-electron chi connectivity index (χ4n) is 3.30. The summed E-state index contributed by atoms with van der Waals surface area (Å²) in [4.78, 5) is 35.7. The minimum Gasteiger partial charge on any atom is -0.493 e. The number of aromatic hydroxyl groups is 1. The predicted molar refractivity (Wildman–Crippen MR) is 141 cm³/mol. The van der Waals surface area contributed by atoms with Crippen molar-refractivity contribution in [1.29, 1.82) is 0 Å². The molecule has 0 aliphatic heterocycles. The van der Waals surface area contributed by atoms with Gasteiger partial charge in [0.1, 0.15) is 12.4 Å². The van der Waals surface area contributed by atoms with E-state index in [1.165, 1.54) is 0 Å². The Morgan fingerprint density at radius 1 is 1.19 bits per heavy atom. The van der Waals surface area contributed by atoms with Crippen molar-refractivity contribution in [3.8, 4) is 17.3 Å². The summed E-state index contributed by atoms with van der Waals surface area (Å²) >= 11 is 1.15. The number of fused-ring (bicyclic) bond motifs is 1. The first kappa shape index (κ1) is 25.5. The maximum atomic E-state index is 12.6. The molecule has 0 unspecified atom stereocenters. The zero-order valence-electron chi connectivity index (χ0n) is 20.4. The number of ether oxygens (including phenoxy) is 1. The molecule has 0 radical (unpaired) electrons. The van der Waals surface area contributed by atoms with E-state index in [9.17, 15) is 14.7 Å². The zero-order chi connectivity index (χ0) is 25.9. The SMILES string of the molecule is CSc1nc(O)c(C(=O)Nc2ccc3nc(-c4cn(COCC[Si](C)(C)C)nn4)ccc3c2)c(=O)[nH]1. The third-order valence-corrected chi connectivity index (χ3v) is 7.55. The summed E-state index contributed by atoms with van der Waals surface area (Å²) in [6.45, 7) is 7.95. The van der Waals surface area contributed by atoms with E-state index in [2.05, 4.69) is 50.2 Å². The Morgan fingerprint density at radius 3 is 2.72 bits per heavy atom. The quantitative estimate of drug-likeness (QED) is 0.129.